The van der Waals surface area contributed by atoms with Crippen LogP contribution < -0.4 is 15.5 Å². The highest BCUT2D eigenvalue weighted by Crippen LogP contribution is 2.36. The maximum absolute atomic E-state index is 13.1. The molecule has 0 spiro atoms. The maximum Gasteiger partial charge on any atom is 0.253 e. The summed E-state index contributed by atoms with van der Waals surface area (Å²) in [5, 5.41) is 5.86. The third kappa shape index (κ3) is 6.08. The van der Waals surface area contributed by atoms with Gasteiger partial charge in [-0.05, 0) is 56.7 Å². The number of sulfone groups is 1. The molecule has 0 radical (unpaired) electrons. The average Bonchev–Trinajstić information content (AvgIpc) is 3.49. The lowest BCUT2D eigenvalue weighted by molar-refractivity contribution is -0.113. The zero-order chi connectivity index (χ0) is 26.6. The van der Waals surface area contributed by atoms with Crippen LogP contribution in [0.15, 0.2) is 83.4 Å². The first-order valence-corrected chi connectivity index (χ1v) is 14.0. The molecular formula is C27H31N5O4S. The fraction of sp³-hybridized carbons (Fsp3) is 0.296. The molecule has 0 saturated heterocycles. The summed E-state index contributed by atoms with van der Waals surface area (Å²) in [5.74, 6) is -0.412. The smallest absolute Gasteiger partial charge is 0.253 e. The fourth-order valence-corrected chi connectivity index (χ4v) is 5.16. The highest BCUT2D eigenvalue weighted by Gasteiger charge is 2.32. The molecule has 0 saturated carbocycles. The van der Waals surface area contributed by atoms with Gasteiger partial charge in [0.05, 0.1) is 22.5 Å². The number of hydrogen-bond donors (Lipinski definition) is 2. The topological polar surface area (TPSA) is 113 Å². The van der Waals surface area contributed by atoms with Crippen molar-refractivity contribution in [3.8, 4) is 0 Å². The molecule has 1 aliphatic heterocycles. The monoisotopic (exact) mass is 521 g/mol. The summed E-state index contributed by atoms with van der Waals surface area (Å²) >= 11 is 0. The summed E-state index contributed by atoms with van der Waals surface area (Å²) in [6.45, 7) is 5.19. The molecule has 194 valence electrons. The lowest BCUT2D eigenvalue weighted by Gasteiger charge is -2.28. The van der Waals surface area contributed by atoms with Crippen LogP contribution in [0.2, 0.25) is 0 Å². The second kappa shape index (κ2) is 11.0. The largest absolute Gasteiger partial charge is 0.352 e. The van der Waals surface area contributed by atoms with E-state index in [0.717, 1.165) is 30.6 Å². The molecule has 4 rings (SSSR count). The van der Waals surface area contributed by atoms with E-state index >= 15 is 0 Å². The average molecular weight is 522 g/mol. The molecule has 1 aromatic heterocycles. The number of carbonyl (C=O) groups is 2. The molecule has 9 nitrogen and oxygen atoms in total. The van der Waals surface area contributed by atoms with Gasteiger partial charge in [-0.15, -0.1) is 0 Å². The number of carbonyl (C=O) groups excluding carboxylic acids is 2. The molecule has 10 heteroatoms. The van der Waals surface area contributed by atoms with E-state index in [1.807, 2.05) is 47.7 Å². The first-order chi connectivity index (χ1) is 17.6. The number of allylic oxidation sites excluding steroid dienone is 1. The van der Waals surface area contributed by atoms with Gasteiger partial charge in [-0.1, -0.05) is 12.1 Å². The Kier molecular flexibility index (Phi) is 7.77. The van der Waals surface area contributed by atoms with Crippen molar-refractivity contribution in [3.05, 3.63) is 84.1 Å². The van der Waals surface area contributed by atoms with E-state index in [2.05, 4.69) is 15.6 Å². The Hall–Kier alpha value is -3.92. The summed E-state index contributed by atoms with van der Waals surface area (Å²) in [6.07, 6.45) is 7.80. The van der Waals surface area contributed by atoms with Crippen LogP contribution in [0.25, 0.3) is 0 Å². The summed E-state index contributed by atoms with van der Waals surface area (Å²) in [5.41, 5.74) is 3.21. The van der Waals surface area contributed by atoms with Crippen molar-refractivity contribution < 1.29 is 18.0 Å². The van der Waals surface area contributed by atoms with Gasteiger partial charge in [0.1, 0.15) is 0 Å². The first-order valence-electron chi connectivity index (χ1n) is 12.1. The molecule has 2 heterocycles. The van der Waals surface area contributed by atoms with Crippen molar-refractivity contribution >= 4 is 33.0 Å². The number of rotatable bonds is 9. The summed E-state index contributed by atoms with van der Waals surface area (Å²) in [6, 6.07) is 13.5. The van der Waals surface area contributed by atoms with Crippen LogP contribution in [-0.2, 0) is 21.2 Å². The summed E-state index contributed by atoms with van der Waals surface area (Å²) in [4.78, 5) is 32.4. The number of anilines is 2. The Morgan fingerprint density at radius 2 is 1.81 bits per heavy atom. The molecule has 37 heavy (non-hydrogen) atoms. The van der Waals surface area contributed by atoms with Crippen molar-refractivity contribution in [2.45, 2.75) is 44.2 Å². The van der Waals surface area contributed by atoms with Gasteiger partial charge in [-0.3, -0.25) is 9.59 Å². The van der Waals surface area contributed by atoms with Crippen molar-refractivity contribution in [2.75, 3.05) is 23.0 Å². The Labute approximate surface area is 217 Å². The predicted octanol–water partition coefficient (Wildman–Crippen LogP) is 3.62. The lowest BCUT2D eigenvalue weighted by Crippen LogP contribution is -2.31. The van der Waals surface area contributed by atoms with E-state index in [4.69, 9.17) is 0 Å². The standard InChI is InChI=1S/C27H31N5O4S/c1-19-17-24(27(34)30-21-9-11-22(12-10-21)37(3,35)36)20(2)32(19)25-8-5-4-7-23(25)26(33)29-13-6-15-31-16-14-28-18-31/h4-5,7-12,14,16,18-19H,6,13,15,17H2,1-3H3,(H,29,33)(H,30,34). The van der Waals surface area contributed by atoms with Crippen LogP contribution in [0.5, 0.6) is 0 Å². The molecule has 2 amide bonds. The zero-order valence-electron chi connectivity index (χ0n) is 21.1. The molecule has 0 fully saturated rings. The fourth-order valence-electron chi connectivity index (χ4n) is 4.53. The van der Waals surface area contributed by atoms with Gasteiger partial charge in [0.2, 0.25) is 0 Å². The molecule has 2 aromatic carbocycles. The van der Waals surface area contributed by atoms with E-state index in [0.29, 0.717) is 29.8 Å². The normalized spacial score (nSPS) is 15.6. The van der Waals surface area contributed by atoms with Crippen LogP contribution >= 0.6 is 0 Å². The number of aromatic nitrogens is 2. The van der Waals surface area contributed by atoms with E-state index < -0.39 is 9.84 Å². The van der Waals surface area contributed by atoms with Crippen LogP contribution in [0.3, 0.4) is 0 Å². The van der Waals surface area contributed by atoms with Crippen molar-refractivity contribution in [1.29, 1.82) is 0 Å². The second-order valence-corrected chi connectivity index (χ2v) is 11.2. The van der Waals surface area contributed by atoms with Crippen molar-refractivity contribution in [2.24, 2.45) is 0 Å². The molecule has 0 bridgehead atoms. The highest BCUT2D eigenvalue weighted by atomic mass is 32.2. The van der Waals surface area contributed by atoms with Crippen molar-refractivity contribution in [3.63, 3.8) is 0 Å². The summed E-state index contributed by atoms with van der Waals surface area (Å²) in [7, 11) is -3.31. The number of nitrogens with zero attached hydrogens (tertiary/aromatic N) is 3. The van der Waals surface area contributed by atoms with Gasteiger partial charge in [0.25, 0.3) is 11.8 Å². The Bertz CT molecular complexity index is 1410. The lowest BCUT2D eigenvalue weighted by atomic mass is 10.1. The number of para-hydroxylation sites is 1. The van der Waals surface area contributed by atoms with Crippen LogP contribution in [0, 0.1) is 0 Å². The Morgan fingerprint density at radius 1 is 1.08 bits per heavy atom. The maximum atomic E-state index is 13.1. The molecule has 3 aromatic rings. The Morgan fingerprint density at radius 3 is 2.49 bits per heavy atom. The number of hydrogen-bond acceptors (Lipinski definition) is 6. The van der Waals surface area contributed by atoms with Crippen LogP contribution in [0.1, 0.15) is 37.0 Å². The van der Waals surface area contributed by atoms with Crippen LogP contribution in [0.4, 0.5) is 11.4 Å². The van der Waals surface area contributed by atoms with Gasteiger partial charge < -0.3 is 20.1 Å². The molecule has 2 N–H and O–H groups in total. The molecule has 1 aliphatic rings. The van der Waals surface area contributed by atoms with Gasteiger partial charge in [0.15, 0.2) is 9.84 Å². The third-order valence-corrected chi connectivity index (χ3v) is 7.53. The van der Waals surface area contributed by atoms with E-state index in [1.54, 1.807) is 30.7 Å². The minimum Gasteiger partial charge on any atom is -0.352 e. The van der Waals surface area contributed by atoms with Crippen molar-refractivity contribution in [1.82, 2.24) is 14.9 Å². The zero-order valence-corrected chi connectivity index (χ0v) is 22.0. The highest BCUT2D eigenvalue weighted by molar-refractivity contribution is 7.90. The van der Waals surface area contributed by atoms with Gasteiger partial charge in [-0.2, -0.15) is 0 Å². The minimum absolute atomic E-state index is 0.0245. The quantitative estimate of drug-likeness (QED) is 0.416. The first kappa shape index (κ1) is 26.2. The van der Waals surface area contributed by atoms with Gasteiger partial charge in [-0.25, -0.2) is 13.4 Å². The SMILES string of the molecule is CC1=C(C(=O)Nc2ccc(S(C)(=O)=O)cc2)CC(C)N1c1ccccc1C(=O)NCCCn1ccnc1. The number of nitrogens with one attached hydrogen (secondary N) is 2. The Balaban J connectivity index is 1.47. The number of benzene rings is 2. The minimum atomic E-state index is -3.31. The molecule has 1 atom stereocenters. The predicted molar refractivity (Wildman–Crippen MR) is 143 cm³/mol. The number of imidazole rings is 1. The third-order valence-electron chi connectivity index (χ3n) is 6.40. The molecule has 1 unspecified atom stereocenters. The van der Waals surface area contributed by atoms with Gasteiger partial charge in [0, 0.05) is 61.2 Å². The van der Waals surface area contributed by atoms with Crippen LogP contribution in [-0.4, -0.2) is 48.6 Å². The number of amides is 2. The molecule has 0 aliphatic carbocycles. The van der Waals surface area contributed by atoms with E-state index in [-0.39, 0.29) is 22.8 Å². The van der Waals surface area contributed by atoms with Gasteiger partial charge >= 0.3 is 0 Å². The molecular weight excluding hydrogens is 490 g/mol. The summed E-state index contributed by atoms with van der Waals surface area (Å²) < 4.78 is 25.3. The number of aryl methyl sites for hydroxylation is 1. The van der Waals surface area contributed by atoms with E-state index in [9.17, 15) is 18.0 Å². The second-order valence-electron chi connectivity index (χ2n) is 9.16. The van der Waals surface area contributed by atoms with E-state index in [1.165, 1.54) is 12.1 Å².